The van der Waals surface area contributed by atoms with Gasteiger partial charge in [0.1, 0.15) is 0 Å². The molecule has 0 aromatic rings. The van der Waals surface area contributed by atoms with Gasteiger partial charge in [0.2, 0.25) is 8.32 Å². The lowest BCUT2D eigenvalue weighted by Gasteiger charge is -2.36. The molecule has 0 aliphatic rings. The first kappa shape index (κ1) is 20.0. The highest BCUT2D eigenvalue weighted by atomic mass is 31.2. The summed E-state index contributed by atoms with van der Waals surface area (Å²) in [5, 5.41) is 0. The average molecular weight is 341 g/mol. The summed E-state index contributed by atoms with van der Waals surface area (Å²) in [5.41, 5.74) is 0. The second-order valence-electron chi connectivity index (χ2n) is 6.97. The van der Waals surface area contributed by atoms with E-state index in [-0.39, 0.29) is 0 Å². The van der Waals surface area contributed by atoms with Gasteiger partial charge in [-0.3, -0.25) is 0 Å². The lowest BCUT2D eigenvalue weighted by atomic mass is 10.9. The summed E-state index contributed by atoms with van der Waals surface area (Å²) in [6.07, 6.45) is 0. The van der Waals surface area contributed by atoms with Gasteiger partial charge in [0.15, 0.2) is 16.6 Å². The van der Waals surface area contributed by atoms with Crippen molar-refractivity contribution in [1.29, 1.82) is 0 Å². The lowest BCUT2D eigenvalue weighted by Crippen LogP contribution is -2.37. The summed E-state index contributed by atoms with van der Waals surface area (Å²) >= 11 is 0. The van der Waals surface area contributed by atoms with Crippen LogP contribution >= 0.6 is 8.60 Å². The number of hydrogen-bond acceptors (Lipinski definition) is 3. The van der Waals surface area contributed by atoms with Crippen LogP contribution in [-0.2, 0) is 12.6 Å². The predicted molar refractivity (Wildman–Crippen MR) is 94.1 cm³/mol. The molecule has 0 aromatic carbocycles. The highest BCUT2D eigenvalue weighted by Crippen LogP contribution is 2.49. The largest absolute Gasteiger partial charge is 0.356 e. The van der Waals surface area contributed by atoms with Crippen LogP contribution in [0.15, 0.2) is 0 Å². The van der Waals surface area contributed by atoms with E-state index in [1.54, 1.807) is 0 Å². The first-order valence-corrected chi connectivity index (χ1v) is 17.8. The Balaban J connectivity index is 4.93. The Bertz CT molecular complexity index is 236. The van der Waals surface area contributed by atoms with E-state index in [1.807, 2.05) is 0 Å². The van der Waals surface area contributed by atoms with Gasteiger partial charge in [-0.2, -0.15) is 0 Å². The minimum atomic E-state index is -1.66. The maximum absolute atomic E-state index is 6.47. The van der Waals surface area contributed by atoms with Crippen LogP contribution in [0.4, 0.5) is 0 Å². The molecular weight excluding hydrogens is 307 g/mol. The molecule has 0 radical (unpaired) electrons. The second-order valence-corrected chi connectivity index (χ2v) is 22.5. The predicted octanol–water partition coefficient (Wildman–Crippen LogP) is 5.94. The summed E-state index contributed by atoms with van der Waals surface area (Å²) in [7, 11) is -6.08. The van der Waals surface area contributed by atoms with Crippen LogP contribution < -0.4 is 0 Å². The van der Waals surface area contributed by atoms with Gasteiger partial charge in [-0.25, -0.2) is 0 Å². The van der Waals surface area contributed by atoms with E-state index < -0.39 is 33.6 Å². The van der Waals surface area contributed by atoms with Gasteiger partial charge in [-0.05, 0) is 57.4 Å². The third-order valence-corrected chi connectivity index (χ3v) is 14.5. The van der Waals surface area contributed by atoms with Crippen molar-refractivity contribution in [2.45, 2.75) is 78.2 Å². The molecule has 0 spiro atoms. The van der Waals surface area contributed by atoms with E-state index in [2.05, 4.69) is 60.1 Å². The molecule has 0 N–H and O–H groups in total. The molecule has 0 heterocycles. The Morgan fingerprint density at radius 1 is 0.632 bits per heavy atom. The fraction of sp³-hybridized carbons (Fsp3) is 1.00. The lowest BCUT2D eigenvalue weighted by molar-refractivity contribution is 0.377. The van der Waals surface area contributed by atoms with Crippen LogP contribution in [0, 0.1) is 0 Å². The SMILES string of the molecule is CC[Si](CC)(CC)OP(O[Si](C)(C)C)O[Si](C)(C)C. The van der Waals surface area contributed by atoms with Crippen molar-refractivity contribution in [3.8, 4) is 0 Å². The molecule has 7 heteroatoms. The maximum atomic E-state index is 6.47. The molecule has 0 saturated heterocycles. The van der Waals surface area contributed by atoms with Crippen molar-refractivity contribution < 1.29 is 12.6 Å². The third-order valence-electron chi connectivity index (χ3n) is 2.90. The summed E-state index contributed by atoms with van der Waals surface area (Å²) in [6, 6.07) is 3.43. The van der Waals surface area contributed by atoms with Gasteiger partial charge < -0.3 is 12.6 Å². The van der Waals surface area contributed by atoms with Gasteiger partial charge in [0.25, 0.3) is 8.60 Å². The first-order chi connectivity index (χ1) is 8.47. The van der Waals surface area contributed by atoms with Gasteiger partial charge in [-0.15, -0.1) is 0 Å². The molecule has 0 atom stereocenters. The molecule has 0 saturated carbocycles. The van der Waals surface area contributed by atoms with Crippen LogP contribution in [0.3, 0.4) is 0 Å². The highest BCUT2D eigenvalue weighted by molar-refractivity contribution is 7.47. The van der Waals surface area contributed by atoms with Gasteiger partial charge >= 0.3 is 0 Å². The number of rotatable bonds is 9. The van der Waals surface area contributed by atoms with Crippen LogP contribution in [0.5, 0.6) is 0 Å². The molecule has 0 aliphatic carbocycles. The third kappa shape index (κ3) is 8.75. The molecule has 0 aromatic heterocycles. The van der Waals surface area contributed by atoms with Crippen LogP contribution in [0.25, 0.3) is 0 Å². The molecule has 0 bridgehead atoms. The zero-order valence-corrected chi connectivity index (χ0v) is 18.2. The summed E-state index contributed by atoms with van der Waals surface area (Å²) in [5.74, 6) is 0. The average Bonchev–Trinajstić information content (AvgIpc) is 2.21. The van der Waals surface area contributed by atoms with E-state index in [0.29, 0.717) is 0 Å². The Morgan fingerprint density at radius 3 is 1.16 bits per heavy atom. The molecular formula is C12H33O3PSi3. The summed E-state index contributed by atoms with van der Waals surface area (Å²) in [6.45, 7) is 19.9. The van der Waals surface area contributed by atoms with Crippen molar-refractivity contribution in [2.24, 2.45) is 0 Å². The smallest absolute Gasteiger partial charge is 0.300 e. The minimum absolute atomic E-state index is 1.14. The van der Waals surface area contributed by atoms with E-state index in [4.69, 9.17) is 12.6 Å². The van der Waals surface area contributed by atoms with Crippen LogP contribution in [-0.4, -0.2) is 25.0 Å². The Hall–Kier alpha value is 0.961. The topological polar surface area (TPSA) is 27.7 Å². The Labute approximate surface area is 124 Å². The fourth-order valence-electron chi connectivity index (χ4n) is 1.60. The number of hydrogen-bond donors (Lipinski definition) is 0. The van der Waals surface area contributed by atoms with E-state index in [1.165, 1.54) is 0 Å². The van der Waals surface area contributed by atoms with Crippen molar-refractivity contribution in [2.75, 3.05) is 0 Å². The van der Waals surface area contributed by atoms with Crippen molar-refractivity contribution in [3.63, 3.8) is 0 Å². The van der Waals surface area contributed by atoms with Crippen LogP contribution in [0.2, 0.25) is 57.4 Å². The van der Waals surface area contributed by atoms with Crippen molar-refractivity contribution >= 4 is 33.6 Å². The Morgan fingerprint density at radius 2 is 0.947 bits per heavy atom. The Kier molecular flexibility index (Phi) is 8.22. The molecule has 0 fully saturated rings. The standard InChI is InChI=1S/C12H33O3PSi3/c1-10-19(11-2,12-3)15-16(13-17(4,5)6)14-18(7,8)9/h10-12H2,1-9H3. The zero-order chi connectivity index (χ0) is 15.3. The zero-order valence-electron chi connectivity index (χ0n) is 14.3. The molecule has 19 heavy (non-hydrogen) atoms. The normalized spacial score (nSPS) is 14.2. The molecule has 0 amide bonds. The molecule has 0 aliphatic heterocycles. The highest BCUT2D eigenvalue weighted by Gasteiger charge is 2.38. The van der Waals surface area contributed by atoms with Gasteiger partial charge in [-0.1, -0.05) is 20.8 Å². The molecule has 0 rings (SSSR count). The van der Waals surface area contributed by atoms with Gasteiger partial charge in [0.05, 0.1) is 0 Å². The monoisotopic (exact) mass is 340 g/mol. The van der Waals surface area contributed by atoms with E-state index >= 15 is 0 Å². The summed E-state index contributed by atoms with van der Waals surface area (Å²) in [4.78, 5) is 0. The van der Waals surface area contributed by atoms with E-state index in [0.717, 1.165) is 18.1 Å². The molecule has 116 valence electrons. The minimum Gasteiger partial charge on any atom is -0.356 e. The maximum Gasteiger partial charge on any atom is 0.300 e. The van der Waals surface area contributed by atoms with Gasteiger partial charge in [0, 0.05) is 0 Å². The summed E-state index contributed by atoms with van der Waals surface area (Å²) < 4.78 is 18.9. The second kappa shape index (κ2) is 7.82. The van der Waals surface area contributed by atoms with E-state index in [9.17, 15) is 0 Å². The molecule has 0 unspecified atom stereocenters. The van der Waals surface area contributed by atoms with Crippen molar-refractivity contribution in [1.82, 2.24) is 0 Å². The first-order valence-electron chi connectivity index (χ1n) is 7.34. The fourth-order valence-corrected chi connectivity index (χ4v) is 11.0. The van der Waals surface area contributed by atoms with Crippen LogP contribution in [0.1, 0.15) is 20.8 Å². The molecule has 3 nitrogen and oxygen atoms in total. The van der Waals surface area contributed by atoms with Crippen molar-refractivity contribution in [3.05, 3.63) is 0 Å². The quantitative estimate of drug-likeness (QED) is 0.384.